The van der Waals surface area contributed by atoms with Crippen LogP contribution in [0.3, 0.4) is 0 Å². The van der Waals surface area contributed by atoms with Crippen molar-refractivity contribution in [2.45, 2.75) is 37.2 Å². The number of benzene rings is 2. The van der Waals surface area contributed by atoms with Crippen molar-refractivity contribution in [2.75, 3.05) is 19.3 Å². The van der Waals surface area contributed by atoms with Gasteiger partial charge in [0.2, 0.25) is 0 Å². The second-order valence-corrected chi connectivity index (χ2v) is 8.12. The Morgan fingerprint density at radius 3 is 2.50 bits per heavy atom. The van der Waals surface area contributed by atoms with Crippen LogP contribution in [0.2, 0.25) is 0 Å². The van der Waals surface area contributed by atoms with Gasteiger partial charge in [0.05, 0.1) is 0 Å². The molecule has 3 rings (SSSR count). The number of fused-ring (bicyclic) bond motifs is 1. The molecule has 0 bridgehead atoms. The molecule has 1 N–H and O–H groups in total. The van der Waals surface area contributed by atoms with Crippen LogP contribution in [0.25, 0.3) is 0 Å². The molecule has 0 saturated carbocycles. The molecule has 2 aromatic rings. The first kappa shape index (κ1) is 18.8. The first-order valence-electron chi connectivity index (χ1n) is 9.11. The maximum atomic E-state index is 12.4. The van der Waals surface area contributed by atoms with E-state index in [1.54, 1.807) is 30.5 Å². The monoisotopic (exact) mass is 370 g/mol. The lowest BCUT2D eigenvalue weighted by Crippen LogP contribution is -2.45. The van der Waals surface area contributed by atoms with E-state index in [0.717, 1.165) is 30.8 Å². The molecule has 0 fully saturated rings. The Kier molecular flexibility index (Phi) is 6.22. The van der Waals surface area contributed by atoms with Crippen molar-refractivity contribution >= 4 is 16.7 Å². The summed E-state index contributed by atoms with van der Waals surface area (Å²) in [6.07, 6.45) is 3.70. The van der Waals surface area contributed by atoms with Gasteiger partial charge in [-0.05, 0) is 48.2 Å². The molecule has 2 aromatic carbocycles. The smallest absolute Gasteiger partial charge is 0.251 e. The van der Waals surface area contributed by atoms with Crippen LogP contribution in [-0.4, -0.2) is 40.4 Å². The second kappa shape index (κ2) is 8.60. The van der Waals surface area contributed by atoms with E-state index in [2.05, 4.69) is 41.4 Å². The minimum absolute atomic E-state index is 0.0747. The van der Waals surface area contributed by atoms with Gasteiger partial charge < -0.3 is 5.32 Å². The summed E-state index contributed by atoms with van der Waals surface area (Å²) in [6.45, 7) is 4.78. The molecule has 1 aliphatic heterocycles. The van der Waals surface area contributed by atoms with E-state index in [1.807, 2.05) is 0 Å². The number of nitrogens with zero attached hydrogens (tertiary/aromatic N) is 1. The average Bonchev–Trinajstić information content (AvgIpc) is 2.68. The van der Waals surface area contributed by atoms with Crippen LogP contribution in [0.15, 0.2) is 53.4 Å². The zero-order valence-electron chi connectivity index (χ0n) is 15.4. The number of hydrogen-bond acceptors (Lipinski definition) is 3. The molecule has 0 aliphatic carbocycles. The third-order valence-corrected chi connectivity index (χ3v) is 6.03. The van der Waals surface area contributed by atoms with Gasteiger partial charge >= 0.3 is 0 Å². The summed E-state index contributed by atoms with van der Waals surface area (Å²) in [6, 6.07) is 15.9. The predicted molar refractivity (Wildman–Crippen MR) is 106 cm³/mol. The highest BCUT2D eigenvalue weighted by Gasteiger charge is 2.22. The van der Waals surface area contributed by atoms with Gasteiger partial charge in [-0.15, -0.1) is 0 Å². The van der Waals surface area contributed by atoms with Crippen molar-refractivity contribution in [3.63, 3.8) is 0 Å². The van der Waals surface area contributed by atoms with E-state index >= 15 is 0 Å². The fourth-order valence-corrected chi connectivity index (χ4v) is 3.99. The van der Waals surface area contributed by atoms with Crippen LogP contribution in [-0.2, 0) is 23.8 Å². The lowest BCUT2D eigenvalue weighted by atomic mass is 9.98. The van der Waals surface area contributed by atoms with Gasteiger partial charge in [-0.25, -0.2) is 0 Å². The largest absolute Gasteiger partial charge is 0.350 e. The summed E-state index contributed by atoms with van der Waals surface area (Å²) < 4.78 is 11.4. The second-order valence-electron chi connectivity index (χ2n) is 6.74. The van der Waals surface area contributed by atoms with Crippen molar-refractivity contribution in [1.82, 2.24) is 10.2 Å². The van der Waals surface area contributed by atoms with Crippen molar-refractivity contribution in [2.24, 2.45) is 0 Å². The number of hydrogen-bond donors (Lipinski definition) is 1. The van der Waals surface area contributed by atoms with E-state index in [4.69, 9.17) is 0 Å². The summed E-state index contributed by atoms with van der Waals surface area (Å²) in [5.74, 6) is -0.0747. The topological polar surface area (TPSA) is 49.4 Å². The summed E-state index contributed by atoms with van der Waals surface area (Å²) in [5, 5.41) is 3.06. The number of nitrogens with one attached hydrogen (secondary N) is 1. The van der Waals surface area contributed by atoms with Crippen LogP contribution in [0.5, 0.6) is 0 Å². The summed E-state index contributed by atoms with van der Waals surface area (Å²) >= 11 is 0. The van der Waals surface area contributed by atoms with Crippen LogP contribution in [0, 0.1) is 0 Å². The molecule has 1 heterocycles. The van der Waals surface area contributed by atoms with Gasteiger partial charge in [0.25, 0.3) is 5.91 Å². The van der Waals surface area contributed by atoms with Crippen LogP contribution >= 0.6 is 0 Å². The van der Waals surface area contributed by atoms with Crippen LogP contribution in [0.1, 0.15) is 34.8 Å². The number of rotatable bonds is 6. The molecule has 1 aliphatic rings. The summed E-state index contributed by atoms with van der Waals surface area (Å²) in [5.41, 5.74) is 3.45. The van der Waals surface area contributed by atoms with Gasteiger partial charge in [-0.1, -0.05) is 31.2 Å². The van der Waals surface area contributed by atoms with E-state index in [9.17, 15) is 9.00 Å². The van der Waals surface area contributed by atoms with E-state index < -0.39 is 10.8 Å². The third-order valence-electron chi connectivity index (χ3n) is 5.09. The molecule has 5 heteroatoms. The number of amides is 1. The Morgan fingerprint density at radius 1 is 1.15 bits per heavy atom. The maximum Gasteiger partial charge on any atom is 0.251 e. The molecule has 1 amide bonds. The minimum atomic E-state index is -1.02. The fourth-order valence-electron chi connectivity index (χ4n) is 3.47. The fraction of sp³-hybridized carbons (Fsp3) is 0.381. The Bertz CT molecular complexity index is 789. The molecular weight excluding hydrogens is 344 g/mol. The molecule has 26 heavy (non-hydrogen) atoms. The molecule has 0 radical (unpaired) electrons. The number of carbonyl (C=O) groups is 1. The lowest BCUT2D eigenvalue weighted by molar-refractivity contribution is 0.0926. The molecule has 0 spiro atoms. The van der Waals surface area contributed by atoms with Gasteiger partial charge in [0, 0.05) is 53.2 Å². The van der Waals surface area contributed by atoms with Gasteiger partial charge in [0.15, 0.2) is 0 Å². The minimum Gasteiger partial charge on any atom is -0.350 e. The lowest BCUT2D eigenvalue weighted by Gasteiger charge is -2.35. The zero-order chi connectivity index (χ0) is 18.5. The standard InChI is InChI=1S/C21H26N2O2S/c1-3-19(23-13-12-16-6-4-5-7-18(16)15-23)14-22-21(24)17-8-10-20(11-9-17)26(2)25/h4-11,19H,3,12-15H2,1-2H3,(H,22,24)/t19-,26+/m0/s1. The van der Waals surface area contributed by atoms with E-state index in [-0.39, 0.29) is 5.91 Å². The van der Waals surface area contributed by atoms with Gasteiger partial charge in [-0.2, -0.15) is 0 Å². The molecule has 138 valence electrons. The molecule has 2 atom stereocenters. The molecular formula is C21H26N2O2S. The van der Waals surface area contributed by atoms with Crippen molar-refractivity contribution in [1.29, 1.82) is 0 Å². The normalized spacial score (nSPS) is 16.5. The van der Waals surface area contributed by atoms with Crippen LogP contribution < -0.4 is 5.32 Å². The summed E-state index contributed by atoms with van der Waals surface area (Å²) in [4.78, 5) is 15.6. The van der Waals surface area contributed by atoms with Gasteiger partial charge in [-0.3, -0.25) is 13.9 Å². The Labute approximate surface area is 158 Å². The highest BCUT2D eigenvalue weighted by Crippen LogP contribution is 2.21. The van der Waals surface area contributed by atoms with Crippen molar-refractivity contribution < 1.29 is 9.00 Å². The van der Waals surface area contributed by atoms with E-state index in [1.165, 1.54) is 11.1 Å². The highest BCUT2D eigenvalue weighted by molar-refractivity contribution is 7.84. The van der Waals surface area contributed by atoms with Gasteiger partial charge in [0.1, 0.15) is 0 Å². The molecule has 0 unspecified atom stereocenters. The van der Waals surface area contributed by atoms with Crippen molar-refractivity contribution in [3.8, 4) is 0 Å². The van der Waals surface area contributed by atoms with E-state index in [0.29, 0.717) is 18.2 Å². The first-order valence-corrected chi connectivity index (χ1v) is 10.7. The third kappa shape index (κ3) is 4.40. The zero-order valence-corrected chi connectivity index (χ0v) is 16.2. The molecule has 0 saturated heterocycles. The Hall–Kier alpha value is -1.98. The SMILES string of the molecule is CC[C@@H](CNC(=O)c1ccc([S@@](C)=O)cc1)N1CCc2ccccc2C1. The van der Waals surface area contributed by atoms with Crippen LogP contribution in [0.4, 0.5) is 0 Å². The molecule has 0 aromatic heterocycles. The number of carbonyl (C=O) groups excluding carboxylic acids is 1. The average molecular weight is 371 g/mol. The predicted octanol–water partition coefficient (Wildman–Crippen LogP) is 2.99. The molecule has 4 nitrogen and oxygen atoms in total. The Morgan fingerprint density at radius 2 is 1.85 bits per heavy atom. The highest BCUT2D eigenvalue weighted by atomic mass is 32.2. The maximum absolute atomic E-state index is 12.4. The first-order chi connectivity index (χ1) is 12.6. The quantitative estimate of drug-likeness (QED) is 0.850. The summed E-state index contributed by atoms with van der Waals surface area (Å²) in [7, 11) is -1.02. The van der Waals surface area contributed by atoms with Crippen molar-refractivity contribution in [3.05, 3.63) is 65.2 Å². The Balaban J connectivity index is 1.59.